The van der Waals surface area contributed by atoms with E-state index in [2.05, 4.69) is 35.4 Å². The monoisotopic (exact) mass is 283 g/mol. The Morgan fingerprint density at radius 2 is 2.22 bits per heavy atom. The van der Waals surface area contributed by atoms with E-state index < -0.39 is 0 Å². The van der Waals surface area contributed by atoms with Gasteiger partial charge in [-0.15, -0.1) is 21.5 Å². The van der Waals surface area contributed by atoms with Crippen LogP contribution in [0.25, 0.3) is 0 Å². The van der Waals surface area contributed by atoms with Crippen LogP contribution in [-0.4, -0.2) is 21.9 Å². The molecule has 0 aliphatic carbocycles. The number of aliphatic hydroxyl groups excluding tert-OH is 1. The molecule has 4 nitrogen and oxygen atoms in total. The summed E-state index contributed by atoms with van der Waals surface area (Å²) < 4.78 is 0. The number of hydrogen-bond acceptors (Lipinski definition) is 6. The minimum Gasteiger partial charge on any atom is -0.396 e. The SMILES string of the molecule is CC(C)c1nnc(N[C@@H](CCO)c2cccs2)s1. The van der Waals surface area contributed by atoms with Crippen LogP contribution in [0.2, 0.25) is 0 Å². The van der Waals surface area contributed by atoms with Crippen molar-refractivity contribution < 1.29 is 5.11 Å². The molecule has 2 heterocycles. The molecule has 0 unspecified atom stereocenters. The molecule has 2 aromatic rings. The van der Waals surface area contributed by atoms with Crippen LogP contribution in [-0.2, 0) is 0 Å². The van der Waals surface area contributed by atoms with E-state index in [1.165, 1.54) is 4.88 Å². The number of nitrogens with zero attached hydrogens (tertiary/aromatic N) is 2. The van der Waals surface area contributed by atoms with Crippen LogP contribution in [0.1, 0.15) is 42.1 Å². The molecule has 2 N–H and O–H groups in total. The zero-order valence-corrected chi connectivity index (χ0v) is 12.1. The number of thiophene rings is 1. The number of nitrogens with one attached hydrogen (secondary N) is 1. The largest absolute Gasteiger partial charge is 0.396 e. The normalized spacial score (nSPS) is 12.9. The molecule has 0 aliphatic heterocycles. The molecule has 0 aromatic carbocycles. The van der Waals surface area contributed by atoms with Crippen molar-refractivity contribution in [2.75, 3.05) is 11.9 Å². The topological polar surface area (TPSA) is 58.0 Å². The highest BCUT2D eigenvalue weighted by Crippen LogP contribution is 2.29. The molecule has 0 fully saturated rings. The molecule has 0 saturated heterocycles. The van der Waals surface area contributed by atoms with Crippen LogP contribution in [0.3, 0.4) is 0 Å². The van der Waals surface area contributed by atoms with Crippen molar-refractivity contribution in [2.45, 2.75) is 32.2 Å². The van der Waals surface area contributed by atoms with Gasteiger partial charge in [0, 0.05) is 17.4 Å². The molecule has 0 spiro atoms. The van der Waals surface area contributed by atoms with E-state index in [4.69, 9.17) is 5.11 Å². The maximum Gasteiger partial charge on any atom is 0.206 e. The van der Waals surface area contributed by atoms with E-state index in [0.717, 1.165) is 10.1 Å². The average molecular weight is 283 g/mol. The highest BCUT2D eigenvalue weighted by atomic mass is 32.1. The van der Waals surface area contributed by atoms with Gasteiger partial charge in [-0.25, -0.2) is 0 Å². The summed E-state index contributed by atoms with van der Waals surface area (Å²) in [5.74, 6) is 0.399. The molecule has 0 aliphatic rings. The van der Waals surface area contributed by atoms with E-state index >= 15 is 0 Å². The van der Waals surface area contributed by atoms with Gasteiger partial charge in [0.1, 0.15) is 5.01 Å². The summed E-state index contributed by atoms with van der Waals surface area (Å²) in [5, 5.41) is 24.7. The second kappa shape index (κ2) is 6.26. The first-order valence-corrected chi connectivity index (χ1v) is 7.64. The van der Waals surface area contributed by atoms with E-state index in [1.807, 2.05) is 11.4 Å². The lowest BCUT2D eigenvalue weighted by Crippen LogP contribution is -2.10. The van der Waals surface area contributed by atoms with E-state index in [9.17, 15) is 0 Å². The Morgan fingerprint density at radius 1 is 1.39 bits per heavy atom. The van der Waals surface area contributed by atoms with Crippen LogP contribution in [0, 0.1) is 0 Å². The van der Waals surface area contributed by atoms with Gasteiger partial charge in [0.15, 0.2) is 0 Å². The number of anilines is 1. The highest BCUT2D eigenvalue weighted by molar-refractivity contribution is 7.15. The van der Waals surface area contributed by atoms with Crippen molar-refractivity contribution in [3.63, 3.8) is 0 Å². The number of aliphatic hydroxyl groups is 1. The lowest BCUT2D eigenvalue weighted by Gasteiger charge is -2.14. The zero-order chi connectivity index (χ0) is 13.0. The number of rotatable bonds is 6. The van der Waals surface area contributed by atoms with Crippen LogP contribution >= 0.6 is 22.7 Å². The Bertz CT molecular complexity index is 467. The van der Waals surface area contributed by atoms with Gasteiger partial charge in [0.2, 0.25) is 5.13 Å². The fraction of sp³-hybridized carbons (Fsp3) is 0.500. The Kier molecular flexibility index (Phi) is 4.68. The standard InChI is InChI=1S/C12H17N3OS2/c1-8(2)11-14-15-12(18-11)13-9(5-6-16)10-4-3-7-17-10/h3-4,7-9,16H,5-6H2,1-2H3,(H,13,15)/t9-/m0/s1. The summed E-state index contributed by atoms with van der Waals surface area (Å²) in [6.07, 6.45) is 0.678. The van der Waals surface area contributed by atoms with E-state index in [1.54, 1.807) is 22.7 Å². The van der Waals surface area contributed by atoms with Crippen LogP contribution < -0.4 is 5.32 Å². The quantitative estimate of drug-likeness (QED) is 0.854. The van der Waals surface area contributed by atoms with Crippen molar-refractivity contribution in [1.29, 1.82) is 0 Å². The van der Waals surface area contributed by atoms with Gasteiger partial charge in [0.05, 0.1) is 6.04 Å². The summed E-state index contributed by atoms with van der Waals surface area (Å²) in [6.45, 7) is 4.37. The van der Waals surface area contributed by atoms with Gasteiger partial charge < -0.3 is 10.4 Å². The van der Waals surface area contributed by atoms with Gasteiger partial charge in [-0.2, -0.15) is 0 Å². The summed E-state index contributed by atoms with van der Waals surface area (Å²) in [6, 6.07) is 4.21. The molecule has 0 radical (unpaired) electrons. The molecule has 0 amide bonds. The fourth-order valence-corrected chi connectivity index (χ4v) is 3.19. The number of hydrogen-bond donors (Lipinski definition) is 2. The predicted molar refractivity (Wildman–Crippen MR) is 76.4 cm³/mol. The average Bonchev–Trinajstić information content (AvgIpc) is 2.99. The molecule has 1 atom stereocenters. The first kappa shape index (κ1) is 13.5. The Labute approximate surface area is 115 Å². The highest BCUT2D eigenvalue weighted by Gasteiger charge is 2.15. The summed E-state index contributed by atoms with van der Waals surface area (Å²) in [7, 11) is 0. The van der Waals surface area contributed by atoms with Gasteiger partial charge in [0.25, 0.3) is 0 Å². The third-order valence-corrected chi connectivity index (χ3v) is 4.68. The van der Waals surface area contributed by atoms with Crippen LogP contribution in [0.5, 0.6) is 0 Å². The summed E-state index contributed by atoms with van der Waals surface area (Å²) >= 11 is 3.27. The zero-order valence-electron chi connectivity index (χ0n) is 10.5. The van der Waals surface area contributed by atoms with Crippen molar-refractivity contribution >= 4 is 27.8 Å². The first-order valence-electron chi connectivity index (χ1n) is 5.95. The lowest BCUT2D eigenvalue weighted by molar-refractivity contribution is 0.280. The molecule has 98 valence electrons. The minimum atomic E-state index is 0.114. The van der Waals surface area contributed by atoms with E-state index in [-0.39, 0.29) is 12.6 Å². The molecular formula is C12H17N3OS2. The maximum absolute atomic E-state index is 9.14. The van der Waals surface area contributed by atoms with Gasteiger partial charge in [-0.05, 0) is 17.9 Å². The molecule has 2 aromatic heterocycles. The third-order valence-electron chi connectivity index (χ3n) is 2.54. The van der Waals surface area contributed by atoms with Gasteiger partial charge >= 0.3 is 0 Å². The summed E-state index contributed by atoms with van der Waals surface area (Å²) in [5.41, 5.74) is 0. The van der Waals surface area contributed by atoms with Crippen molar-refractivity contribution in [2.24, 2.45) is 0 Å². The Morgan fingerprint density at radius 3 is 2.78 bits per heavy atom. The molecule has 0 saturated carbocycles. The van der Waals surface area contributed by atoms with Gasteiger partial charge in [-0.3, -0.25) is 0 Å². The van der Waals surface area contributed by atoms with Crippen molar-refractivity contribution in [3.05, 3.63) is 27.4 Å². The minimum absolute atomic E-state index is 0.114. The maximum atomic E-state index is 9.14. The Hall–Kier alpha value is -0.980. The number of aromatic nitrogens is 2. The van der Waals surface area contributed by atoms with Crippen molar-refractivity contribution in [3.8, 4) is 0 Å². The molecule has 2 rings (SSSR count). The fourth-order valence-electron chi connectivity index (χ4n) is 1.58. The van der Waals surface area contributed by atoms with Crippen LogP contribution in [0.15, 0.2) is 17.5 Å². The Balaban J connectivity index is 2.08. The smallest absolute Gasteiger partial charge is 0.206 e. The molecular weight excluding hydrogens is 266 g/mol. The van der Waals surface area contributed by atoms with Gasteiger partial charge in [-0.1, -0.05) is 31.3 Å². The molecule has 6 heteroatoms. The molecule has 0 bridgehead atoms. The lowest BCUT2D eigenvalue weighted by atomic mass is 10.2. The van der Waals surface area contributed by atoms with E-state index in [0.29, 0.717) is 12.3 Å². The summed E-state index contributed by atoms with van der Waals surface area (Å²) in [4.78, 5) is 1.21. The van der Waals surface area contributed by atoms with Crippen molar-refractivity contribution in [1.82, 2.24) is 10.2 Å². The second-order valence-electron chi connectivity index (χ2n) is 4.32. The molecule has 18 heavy (non-hydrogen) atoms. The second-order valence-corrected chi connectivity index (χ2v) is 6.31. The van der Waals surface area contributed by atoms with Crippen LogP contribution in [0.4, 0.5) is 5.13 Å². The predicted octanol–water partition coefficient (Wildman–Crippen LogP) is 3.26. The third kappa shape index (κ3) is 3.28. The first-order chi connectivity index (χ1) is 8.70.